The average Bonchev–Trinajstić information content (AvgIpc) is 2.49. The standard InChI is InChI=1S/C10H10N2.Pt/c1-11-7-8-12(9-11)10-5-3-2-4-6-10;/h2-8H,1H3;. The van der Waals surface area contributed by atoms with E-state index in [4.69, 9.17) is 0 Å². The van der Waals surface area contributed by atoms with E-state index in [1.165, 1.54) is 9.49 Å². The van der Waals surface area contributed by atoms with Crippen LogP contribution < -0.4 is 0 Å². The first kappa shape index (κ1) is 8.70. The van der Waals surface area contributed by atoms with Gasteiger partial charge in [0.2, 0.25) is 0 Å². The van der Waals surface area contributed by atoms with Crippen molar-refractivity contribution in [3.05, 3.63) is 46.5 Å². The Bertz CT molecular complexity index is 453. The first-order valence-electron chi connectivity index (χ1n) is 4.04. The maximum absolute atomic E-state index is 2.31. The number of benzene rings is 1. The minimum absolute atomic E-state index is 1.20. The third-order valence-electron chi connectivity index (χ3n) is 1.93. The van der Waals surface area contributed by atoms with Crippen molar-refractivity contribution in [2.24, 2.45) is 7.05 Å². The Balaban J connectivity index is 2.60. The molecule has 0 aliphatic heterocycles. The molecular weight excluding hydrogens is 343 g/mol. The molecule has 0 aliphatic rings. The van der Waals surface area contributed by atoms with Crippen LogP contribution in [-0.4, -0.2) is 9.13 Å². The summed E-state index contributed by atoms with van der Waals surface area (Å²) in [6.45, 7) is 0. The summed E-state index contributed by atoms with van der Waals surface area (Å²) in [7, 11) is 2.04. The Hall–Kier alpha value is -0.882. The van der Waals surface area contributed by atoms with Crippen LogP contribution in [0.15, 0.2) is 42.7 Å². The van der Waals surface area contributed by atoms with Crippen molar-refractivity contribution >= 4 is 0 Å². The molecule has 0 fully saturated rings. The molecule has 0 radical (unpaired) electrons. The molecule has 0 atom stereocenters. The normalized spacial score (nSPS) is 10.4. The Morgan fingerprint density at radius 3 is 2.31 bits per heavy atom. The Kier molecular flexibility index (Phi) is 2.32. The number of aryl methyl sites for hydroxylation is 1. The van der Waals surface area contributed by atoms with E-state index in [0.717, 1.165) is 0 Å². The van der Waals surface area contributed by atoms with Crippen LogP contribution >= 0.6 is 0 Å². The van der Waals surface area contributed by atoms with Crippen LogP contribution in [0.3, 0.4) is 0 Å². The van der Waals surface area contributed by atoms with Crippen molar-refractivity contribution in [3.8, 4) is 5.69 Å². The molecule has 0 spiro atoms. The number of hydrogen-bond donors (Lipinski definition) is 0. The van der Waals surface area contributed by atoms with Gasteiger partial charge in [0.15, 0.2) is 0 Å². The van der Waals surface area contributed by atoms with Gasteiger partial charge in [-0.25, -0.2) is 0 Å². The number of rotatable bonds is 1. The van der Waals surface area contributed by atoms with Gasteiger partial charge in [0, 0.05) is 0 Å². The Morgan fingerprint density at radius 1 is 1.08 bits per heavy atom. The van der Waals surface area contributed by atoms with E-state index in [9.17, 15) is 0 Å². The molecule has 2 rings (SSSR count). The fourth-order valence-electron chi connectivity index (χ4n) is 1.22. The second-order valence-electron chi connectivity index (χ2n) is 2.86. The van der Waals surface area contributed by atoms with Crippen LogP contribution in [0.2, 0.25) is 0 Å². The molecular formula is C10H10N2Pt. The van der Waals surface area contributed by atoms with E-state index in [2.05, 4.69) is 53.0 Å². The van der Waals surface area contributed by atoms with Gasteiger partial charge in [-0.1, -0.05) is 0 Å². The molecule has 0 saturated heterocycles. The molecule has 3 heteroatoms. The summed E-state index contributed by atoms with van der Waals surface area (Å²) in [6.07, 6.45) is 4.12. The molecule has 0 aliphatic carbocycles. The summed E-state index contributed by atoms with van der Waals surface area (Å²) in [6, 6.07) is 10.3. The monoisotopic (exact) mass is 353 g/mol. The first-order chi connectivity index (χ1) is 6.29. The fraction of sp³-hybridized carbons (Fsp3) is 0.100. The average molecular weight is 353 g/mol. The molecule has 0 unspecified atom stereocenters. The topological polar surface area (TPSA) is 9.86 Å². The Morgan fingerprint density at radius 2 is 1.77 bits per heavy atom. The van der Waals surface area contributed by atoms with Crippen molar-refractivity contribution in [2.45, 2.75) is 0 Å². The second-order valence-corrected chi connectivity index (χ2v) is 3.87. The maximum atomic E-state index is 2.31. The first-order valence-corrected chi connectivity index (χ1v) is 5.17. The van der Waals surface area contributed by atoms with E-state index in [1.54, 1.807) is 0 Å². The van der Waals surface area contributed by atoms with E-state index in [-0.39, 0.29) is 0 Å². The third kappa shape index (κ3) is 1.59. The molecule has 2 nitrogen and oxygen atoms in total. The van der Waals surface area contributed by atoms with E-state index >= 15 is 0 Å². The zero-order chi connectivity index (χ0) is 9.26. The van der Waals surface area contributed by atoms with Gasteiger partial charge in [-0.15, -0.1) is 0 Å². The van der Waals surface area contributed by atoms with E-state index in [0.29, 0.717) is 0 Å². The molecule has 1 heterocycles. The molecule has 1 aromatic heterocycles. The van der Waals surface area contributed by atoms with Gasteiger partial charge in [0.25, 0.3) is 0 Å². The summed E-state index contributed by atoms with van der Waals surface area (Å²) < 4.78 is 5.45. The zero-order valence-corrected chi connectivity index (χ0v) is 9.52. The molecule has 0 bridgehead atoms. The summed E-state index contributed by atoms with van der Waals surface area (Å²) >= 11 is 2.31. The van der Waals surface area contributed by atoms with Gasteiger partial charge in [-0.2, -0.15) is 0 Å². The van der Waals surface area contributed by atoms with Gasteiger partial charge in [-0.3, -0.25) is 0 Å². The predicted octanol–water partition coefficient (Wildman–Crippen LogP) is 1.89. The summed E-state index contributed by atoms with van der Waals surface area (Å²) in [4.78, 5) is 0. The van der Waals surface area contributed by atoms with E-state index in [1.807, 2.05) is 25.2 Å². The fourth-order valence-corrected chi connectivity index (χ4v) is 1.86. The van der Waals surface area contributed by atoms with Crippen molar-refractivity contribution in [1.82, 2.24) is 9.13 Å². The van der Waals surface area contributed by atoms with Crippen LogP contribution in [-0.2, 0) is 26.4 Å². The van der Waals surface area contributed by atoms with Crippen molar-refractivity contribution in [2.75, 3.05) is 0 Å². The summed E-state index contributed by atoms with van der Waals surface area (Å²) in [5, 5.41) is 0. The van der Waals surface area contributed by atoms with Crippen molar-refractivity contribution < 1.29 is 19.4 Å². The molecule has 0 amide bonds. The van der Waals surface area contributed by atoms with Crippen molar-refractivity contribution in [1.29, 1.82) is 0 Å². The van der Waals surface area contributed by atoms with Crippen LogP contribution in [0.1, 0.15) is 0 Å². The molecule has 2 aromatic rings. The second kappa shape index (κ2) is 3.47. The van der Waals surface area contributed by atoms with Gasteiger partial charge < -0.3 is 0 Å². The minimum atomic E-state index is 1.20. The van der Waals surface area contributed by atoms with E-state index < -0.39 is 0 Å². The summed E-state index contributed by atoms with van der Waals surface area (Å²) in [5.41, 5.74) is 1.20. The SMILES string of the molecule is Cn1ccn(-c2ccccc2)[c]1=[Pt]. The number of imidazole rings is 1. The van der Waals surface area contributed by atoms with Crippen molar-refractivity contribution in [3.63, 3.8) is 0 Å². The third-order valence-corrected chi connectivity index (χ3v) is 3.28. The molecule has 1 aromatic carbocycles. The quantitative estimate of drug-likeness (QED) is 0.741. The number of para-hydroxylation sites is 1. The Labute approximate surface area is 87.9 Å². The van der Waals surface area contributed by atoms with Crippen LogP contribution in [0, 0.1) is 3.80 Å². The molecule has 13 heavy (non-hydrogen) atoms. The van der Waals surface area contributed by atoms with Gasteiger partial charge in [0.1, 0.15) is 0 Å². The predicted molar refractivity (Wildman–Crippen MR) is 48.0 cm³/mol. The number of aromatic nitrogens is 2. The van der Waals surface area contributed by atoms with Crippen LogP contribution in [0.4, 0.5) is 0 Å². The number of nitrogens with zero attached hydrogens (tertiary/aromatic N) is 2. The molecule has 70 valence electrons. The zero-order valence-electron chi connectivity index (χ0n) is 7.25. The summed E-state index contributed by atoms with van der Waals surface area (Å²) in [5.74, 6) is 0. The molecule has 0 N–H and O–H groups in total. The molecule has 0 saturated carbocycles. The van der Waals surface area contributed by atoms with Crippen LogP contribution in [0.5, 0.6) is 0 Å². The van der Waals surface area contributed by atoms with Gasteiger partial charge in [-0.05, 0) is 0 Å². The van der Waals surface area contributed by atoms with Gasteiger partial charge in [0.05, 0.1) is 0 Å². The number of hydrogen-bond acceptors (Lipinski definition) is 0. The van der Waals surface area contributed by atoms with Gasteiger partial charge >= 0.3 is 87.8 Å². The van der Waals surface area contributed by atoms with Crippen LogP contribution in [0.25, 0.3) is 5.69 Å².